The van der Waals surface area contributed by atoms with E-state index in [1.54, 1.807) is 17.8 Å². The number of hydrogen-bond acceptors (Lipinski definition) is 4. The van der Waals surface area contributed by atoms with Crippen molar-refractivity contribution in [3.63, 3.8) is 0 Å². The number of likely N-dealkylation sites (tertiary alicyclic amines) is 1. The van der Waals surface area contributed by atoms with Crippen molar-refractivity contribution in [2.75, 3.05) is 11.9 Å². The minimum Gasteiger partial charge on any atom is -0.337 e. The molecule has 2 fully saturated rings. The topological polar surface area (TPSA) is 91.0 Å². The highest BCUT2D eigenvalue weighted by atomic mass is 19.4. The van der Waals surface area contributed by atoms with Crippen molar-refractivity contribution >= 4 is 28.5 Å². The molecule has 2 bridgehead atoms. The van der Waals surface area contributed by atoms with Gasteiger partial charge in [0.1, 0.15) is 5.65 Å². The number of aromatic nitrogens is 2. The summed E-state index contributed by atoms with van der Waals surface area (Å²) in [4.78, 5) is 32.4. The number of hydrogen-bond donors (Lipinski definition) is 1. The molecule has 3 aromatic rings. The maximum Gasteiger partial charge on any atom is 0.419 e. The Labute approximate surface area is 231 Å². The third-order valence-corrected chi connectivity index (χ3v) is 8.73. The molecule has 5 rings (SSSR count). The Hall–Kier alpha value is -3.87. The van der Waals surface area contributed by atoms with E-state index in [2.05, 4.69) is 10.3 Å². The van der Waals surface area contributed by atoms with Gasteiger partial charge in [-0.05, 0) is 68.2 Å². The highest BCUT2D eigenvalue weighted by Gasteiger charge is 2.55. The van der Waals surface area contributed by atoms with Crippen LogP contribution < -0.4 is 5.32 Å². The fraction of sp³-hybridized carbons (Fsp3) is 0.467. The summed E-state index contributed by atoms with van der Waals surface area (Å²) in [5.41, 5.74) is -0.869. The minimum atomic E-state index is -4.78. The summed E-state index contributed by atoms with van der Waals surface area (Å²) in [6.07, 6.45) is -0.375. The third-order valence-electron chi connectivity index (χ3n) is 8.73. The lowest BCUT2D eigenvalue weighted by Crippen LogP contribution is -2.59. The molecule has 1 saturated heterocycles. The maximum atomic E-state index is 14.8. The van der Waals surface area contributed by atoms with Crippen molar-refractivity contribution in [2.24, 2.45) is 24.8 Å². The maximum absolute atomic E-state index is 14.8. The van der Waals surface area contributed by atoms with E-state index in [4.69, 9.17) is 5.26 Å². The van der Waals surface area contributed by atoms with Gasteiger partial charge in [0.25, 0.3) is 5.91 Å². The number of pyridine rings is 1. The Morgan fingerprint density at radius 3 is 2.60 bits per heavy atom. The third kappa shape index (κ3) is 4.41. The van der Waals surface area contributed by atoms with Gasteiger partial charge in [-0.15, -0.1) is 0 Å². The number of rotatable bonds is 4. The molecule has 0 spiro atoms. The predicted molar refractivity (Wildman–Crippen MR) is 144 cm³/mol. The van der Waals surface area contributed by atoms with Gasteiger partial charge in [-0.2, -0.15) is 18.4 Å². The first-order valence-corrected chi connectivity index (χ1v) is 13.4. The zero-order valence-electron chi connectivity index (χ0n) is 23.1. The van der Waals surface area contributed by atoms with Crippen LogP contribution in [0.3, 0.4) is 0 Å². The quantitative estimate of drug-likeness (QED) is 0.424. The largest absolute Gasteiger partial charge is 0.419 e. The van der Waals surface area contributed by atoms with Crippen LogP contribution in [0.25, 0.3) is 11.0 Å². The SMILES string of the molecule is CC(C)C(=O)N1C[C@H]2CC[C@H]([C@@H]2c2cn(C)c3ncc(NC(=O)c4cccc(C#N)c4)c(C(F)(F)F)c23)C1(C)C. The van der Waals surface area contributed by atoms with Crippen LogP contribution in [0.15, 0.2) is 36.7 Å². The van der Waals surface area contributed by atoms with E-state index in [0.717, 1.165) is 19.0 Å². The van der Waals surface area contributed by atoms with E-state index in [9.17, 15) is 22.8 Å². The molecule has 2 aromatic heterocycles. The second-order valence-corrected chi connectivity index (χ2v) is 11.8. The molecule has 0 radical (unpaired) electrons. The molecule has 3 heterocycles. The van der Waals surface area contributed by atoms with Crippen LogP contribution in [0.4, 0.5) is 18.9 Å². The summed E-state index contributed by atoms with van der Waals surface area (Å²) in [6, 6.07) is 7.71. The Bertz CT molecular complexity index is 1550. The first-order valence-electron chi connectivity index (χ1n) is 13.4. The monoisotopic (exact) mass is 551 g/mol. The molecule has 2 amide bonds. The average molecular weight is 552 g/mol. The molecule has 1 N–H and O–H groups in total. The van der Waals surface area contributed by atoms with Gasteiger partial charge in [0.2, 0.25) is 5.91 Å². The first-order chi connectivity index (χ1) is 18.8. The van der Waals surface area contributed by atoms with Gasteiger partial charge in [0, 0.05) is 42.2 Å². The fourth-order valence-corrected chi connectivity index (χ4v) is 6.85. The standard InChI is InChI=1S/C30H32F3N5O2/c1-16(2)28(40)38-14-19-9-10-21(29(38,3)4)23(19)20-15-37(5)26-24(20)25(30(31,32)33)22(13-35-26)36-27(39)18-8-6-7-17(11-18)12-34/h6-8,11,13,15-16,19,21,23H,9-10,14H2,1-5H3,(H,36,39)/t19-,21-,23+/m1/s1. The highest BCUT2D eigenvalue weighted by Crippen LogP contribution is 2.57. The van der Waals surface area contributed by atoms with E-state index in [1.807, 2.05) is 38.7 Å². The van der Waals surface area contributed by atoms with E-state index in [0.29, 0.717) is 12.1 Å². The van der Waals surface area contributed by atoms with E-state index < -0.39 is 28.9 Å². The summed E-state index contributed by atoms with van der Waals surface area (Å²) in [7, 11) is 1.68. The van der Waals surface area contributed by atoms with Crippen LogP contribution in [0, 0.1) is 29.1 Å². The summed E-state index contributed by atoms with van der Waals surface area (Å²) < 4.78 is 46.1. The first kappa shape index (κ1) is 27.7. The fourth-order valence-electron chi connectivity index (χ4n) is 6.85. The van der Waals surface area contributed by atoms with E-state index in [1.165, 1.54) is 24.3 Å². The summed E-state index contributed by atoms with van der Waals surface area (Å²) >= 11 is 0. The van der Waals surface area contributed by atoms with Gasteiger partial charge in [-0.3, -0.25) is 9.59 Å². The molecule has 1 saturated carbocycles. The molecule has 7 nitrogen and oxygen atoms in total. The van der Waals surface area contributed by atoms with Crippen molar-refractivity contribution in [3.8, 4) is 6.07 Å². The van der Waals surface area contributed by atoms with Crippen LogP contribution in [-0.4, -0.2) is 38.3 Å². The number of alkyl halides is 3. The number of nitriles is 1. The number of nitrogens with zero attached hydrogens (tertiary/aromatic N) is 4. The number of carbonyl (C=O) groups excluding carboxylic acids is 2. The lowest BCUT2D eigenvalue weighted by atomic mass is 9.69. The molecule has 1 aliphatic carbocycles. The van der Waals surface area contributed by atoms with E-state index >= 15 is 0 Å². The number of piperidine rings is 1. The number of benzene rings is 1. The molecule has 1 aliphatic heterocycles. The predicted octanol–water partition coefficient (Wildman–Crippen LogP) is 6.10. The summed E-state index contributed by atoms with van der Waals surface area (Å²) in [6.45, 7) is 8.25. The molecule has 2 aliphatic rings. The number of carbonyl (C=O) groups is 2. The zero-order valence-corrected chi connectivity index (χ0v) is 23.1. The van der Waals surface area contributed by atoms with Gasteiger partial charge in [-0.25, -0.2) is 4.98 Å². The van der Waals surface area contributed by atoms with Crippen LogP contribution in [-0.2, 0) is 18.0 Å². The lowest BCUT2D eigenvalue weighted by molar-refractivity contribution is -0.145. The van der Waals surface area contributed by atoms with Crippen LogP contribution >= 0.6 is 0 Å². The summed E-state index contributed by atoms with van der Waals surface area (Å²) in [5, 5.41) is 11.6. The molecule has 0 unspecified atom stereocenters. The van der Waals surface area contributed by atoms with Crippen LogP contribution in [0.5, 0.6) is 0 Å². The van der Waals surface area contributed by atoms with Crippen molar-refractivity contribution in [3.05, 3.63) is 58.9 Å². The Morgan fingerprint density at radius 2 is 1.95 bits per heavy atom. The molecular weight excluding hydrogens is 519 g/mol. The molecule has 10 heteroatoms. The Kier molecular flexibility index (Phi) is 6.68. The molecule has 40 heavy (non-hydrogen) atoms. The second-order valence-electron chi connectivity index (χ2n) is 11.8. The van der Waals surface area contributed by atoms with Crippen molar-refractivity contribution < 1.29 is 22.8 Å². The summed E-state index contributed by atoms with van der Waals surface area (Å²) in [5.74, 6) is -1.10. The zero-order chi connectivity index (χ0) is 29.1. The highest BCUT2D eigenvalue weighted by molar-refractivity contribution is 6.06. The number of halogens is 3. The molecular formula is C30H32F3N5O2. The molecule has 1 aromatic carbocycles. The van der Waals surface area contributed by atoms with Crippen molar-refractivity contribution in [1.29, 1.82) is 5.26 Å². The normalized spacial score (nSPS) is 22.0. The van der Waals surface area contributed by atoms with Gasteiger partial charge in [0.05, 0.1) is 29.1 Å². The van der Waals surface area contributed by atoms with Gasteiger partial charge >= 0.3 is 6.18 Å². The Balaban J connectivity index is 1.63. The number of nitrogens with one attached hydrogen (secondary N) is 1. The van der Waals surface area contributed by atoms with Crippen molar-refractivity contribution in [1.82, 2.24) is 14.5 Å². The van der Waals surface area contributed by atoms with Gasteiger partial charge in [-0.1, -0.05) is 19.9 Å². The molecule has 210 valence electrons. The number of aryl methyl sites for hydroxylation is 1. The smallest absolute Gasteiger partial charge is 0.337 e. The van der Waals surface area contributed by atoms with Crippen LogP contribution in [0.2, 0.25) is 0 Å². The number of anilines is 1. The molecule has 3 atom stereocenters. The second kappa shape index (κ2) is 9.65. The average Bonchev–Trinajstić information content (AvgIpc) is 3.42. The lowest BCUT2D eigenvalue weighted by Gasteiger charge is -2.51. The number of fused-ring (bicyclic) bond motifs is 3. The minimum absolute atomic E-state index is 0.0133. The van der Waals surface area contributed by atoms with Crippen molar-refractivity contribution in [2.45, 2.75) is 58.2 Å². The van der Waals surface area contributed by atoms with Crippen LogP contribution in [0.1, 0.15) is 73.5 Å². The van der Waals surface area contributed by atoms with Gasteiger partial charge < -0.3 is 14.8 Å². The van der Waals surface area contributed by atoms with E-state index in [-0.39, 0.29) is 51.7 Å². The Morgan fingerprint density at radius 1 is 1.23 bits per heavy atom. The van der Waals surface area contributed by atoms with Gasteiger partial charge in [0.15, 0.2) is 0 Å². The number of amides is 2.